The molecule has 2 heterocycles. The van der Waals surface area contributed by atoms with Gasteiger partial charge < -0.3 is 14.4 Å². The Morgan fingerprint density at radius 1 is 1.03 bits per heavy atom. The van der Waals surface area contributed by atoms with Crippen LogP contribution < -0.4 is 4.90 Å². The lowest BCUT2D eigenvalue weighted by Gasteiger charge is -2.16. The highest BCUT2D eigenvalue weighted by Gasteiger charge is 2.32. The van der Waals surface area contributed by atoms with Crippen LogP contribution in [0.15, 0.2) is 48.5 Å². The van der Waals surface area contributed by atoms with Gasteiger partial charge >= 0.3 is 11.9 Å². The van der Waals surface area contributed by atoms with Gasteiger partial charge in [-0.05, 0) is 43.2 Å². The van der Waals surface area contributed by atoms with Crippen molar-refractivity contribution in [2.75, 3.05) is 32.2 Å². The van der Waals surface area contributed by atoms with Crippen LogP contribution in [0.25, 0.3) is 16.9 Å². The van der Waals surface area contributed by atoms with Gasteiger partial charge in [-0.15, -0.1) is 0 Å². The van der Waals surface area contributed by atoms with Gasteiger partial charge in [0.1, 0.15) is 11.3 Å². The van der Waals surface area contributed by atoms with E-state index in [1.54, 1.807) is 0 Å². The highest BCUT2D eigenvalue weighted by atomic mass is 16.5. The number of likely N-dealkylation sites (N-methyl/N-ethyl adjacent to an activating group) is 1. The minimum Gasteiger partial charge on any atom is -0.465 e. The standard InChI is InChI=1S/C23H23N3O4/c1-4-25-13-12-15-14-16(10-11-18(15)25)20-19(22(27)29-2)21(23(28)30-3)26(24-20)17-8-6-5-7-9-17/h5-11,14H,4,12-13H2,1-3H3. The predicted molar refractivity (Wildman–Crippen MR) is 113 cm³/mol. The van der Waals surface area contributed by atoms with E-state index in [-0.39, 0.29) is 11.3 Å². The van der Waals surface area contributed by atoms with E-state index in [1.807, 2.05) is 48.5 Å². The van der Waals surface area contributed by atoms with Crippen LogP contribution in [0.1, 0.15) is 33.3 Å². The zero-order chi connectivity index (χ0) is 21.3. The van der Waals surface area contributed by atoms with Crippen molar-refractivity contribution in [1.82, 2.24) is 9.78 Å². The second kappa shape index (κ2) is 8.02. The molecule has 3 aromatic rings. The van der Waals surface area contributed by atoms with E-state index < -0.39 is 11.9 Å². The van der Waals surface area contributed by atoms with E-state index in [9.17, 15) is 9.59 Å². The molecule has 7 nitrogen and oxygen atoms in total. The number of carbonyl (C=O) groups excluding carboxylic acids is 2. The van der Waals surface area contributed by atoms with Crippen molar-refractivity contribution in [2.45, 2.75) is 13.3 Å². The Kier molecular flexibility index (Phi) is 5.27. The van der Waals surface area contributed by atoms with Crippen LogP contribution in [0.5, 0.6) is 0 Å². The molecular formula is C23H23N3O4. The van der Waals surface area contributed by atoms with Crippen molar-refractivity contribution >= 4 is 17.6 Å². The van der Waals surface area contributed by atoms with Crippen molar-refractivity contribution in [3.8, 4) is 16.9 Å². The molecule has 0 amide bonds. The SMILES string of the molecule is CCN1CCc2cc(-c3nn(-c4ccccc4)c(C(=O)OC)c3C(=O)OC)ccc21. The van der Waals surface area contributed by atoms with Crippen LogP contribution in [-0.4, -0.2) is 49.0 Å². The molecule has 2 aromatic carbocycles. The first-order valence-electron chi connectivity index (χ1n) is 9.82. The predicted octanol–water partition coefficient (Wildman–Crippen LogP) is 3.49. The molecule has 1 aliphatic rings. The number of hydrogen-bond donors (Lipinski definition) is 0. The molecule has 0 atom stereocenters. The highest BCUT2D eigenvalue weighted by Crippen LogP contribution is 2.35. The Bertz CT molecular complexity index is 1110. The zero-order valence-corrected chi connectivity index (χ0v) is 17.2. The fourth-order valence-electron chi connectivity index (χ4n) is 3.90. The molecular weight excluding hydrogens is 382 g/mol. The monoisotopic (exact) mass is 405 g/mol. The number of fused-ring (bicyclic) bond motifs is 1. The van der Waals surface area contributed by atoms with Gasteiger partial charge in [-0.3, -0.25) is 0 Å². The summed E-state index contributed by atoms with van der Waals surface area (Å²) in [7, 11) is 2.56. The summed E-state index contributed by atoms with van der Waals surface area (Å²) in [6.45, 7) is 4.03. The Morgan fingerprint density at radius 2 is 1.77 bits per heavy atom. The summed E-state index contributed by atoms with van der Waals surface area (Å²) in [6, 6.07) is 15.2. The minimum absolute atomic E-state index is 0.0428. The number of nitrogens with zero attached hydrogens (tertiary/aromatic N) is 3. The van der Waals surface area contributed by atoms with Crippen molar-refractivity contribution in [2.24, 2.45) is 0 Å². The van der Waals surface area contributed by atoms with E-state index >= 15 is 0 Å². The lowest BCUT2D eigenvalue weighted by atomic mass is 10.0. The molecule has 30 heavy (non-hydrogen) atoms. The summed E-state index contributed by atoms with van der Waals surface area (Å²) >= 11 is 0. The third-order valence-corrected chi connectivity index (χ3v) is 5.38. The van der Waals surface area contributed by atoms with E-state index in [0.717, 1.165) is 25.1 Å². The van der Waals surface area contributed by atoms with Crippen LogP contribution in [0.3, 0.4) is 0 Å². The van der Waals surface area contributed by atoms with Gasteiger partial charge in [-0.2, -0.15) is 5.10 Å². The summed E-state index contributed by atoms with van der Waals surface area (Å²) in [5.41, 5.74) is 4.32. The van der Waals surface area contributed by atoms with Crippen LogP contribution in [0, 0.1) is 0 Å². The molecule has 4 rings (SSSR count). The van der Waals surface area contributed by atoms with Crippen molar-refractivity contribution < 1.29 is 19.1 Å². The molecule has 0 fully saturated rings. The molecule has 1 aliphatic heterocycles. The number of para-hydroxylation sites is 1. The first-order valence-corrected chi connectivity index (χ1v) is 9.82. The van der Waals surface area contributed by atoms with Crippen LogP contribution >= 0.6 is 0 Å². The summed E-state index contributed by atoms with van der Waals surface area (Å²) < 4.78 is 11.4. The molecule has 0 saturated carbocycles. The highest BCUT2D eigenvalue weighted by molar-refractivity contribution is 6.07. The van der Waals surface area contributed by atoms with Crippen molar-refractivity contribution in [3.63, 3.8) is 0 Å². The normalized spacial score (nSPS) is 12.6. The number of esters is 2. The Hall–Kier alpha value is -3.61. The topological polar surface area (TPSA) is 73.7 Å². The maximum atomic E-state index is 12.7. The number of carbonyl (C=O) groups is 2. The van der Waals surface area contributed by atoms with Gasteiger partial charge in [-0.25, -0.2) is 14.3 Å². The smallest absolute Gasteiger partial charge is 0.357 e. The minimum atomic E-state index is -0.656. The van der Waals surface area contributed by atoms with Gasteiger partial charge in [-0.1, -0.05) is 24.3 Å². The molecule has 1 aromatic heterocycles. The third-order valence-electron chi connectivity index (χ3n) is 5.38. The molecule has 0 saturated heterocycles. The molecule has 7 heteroatoms. The number of hydrogen-bond acceptors (Lipinski definition) is 6. The maximum absolute atomic E-state index is 12.7. The second-order valence-corrected chi connectivity index (χ2v) is 6.98. The van der Waals surface area contributed by atoms with Crippen molar-refractivity contribution in [3.05, 3.63) is 65.4 Å². The summed E-state index contributed by atoms with van der Waals surface area (Å²) in [6.07, 6.45) is 0.924. The number of benzene rings is 2. The number of ether oxygens (including phenoxy) is 2. The zero-order valence-electron chi connectivity index (χ0n) is 17.2. The Labute approximate surface area is 174 Å². The third kappa shape index (κ3) is 3.22. The van der Waals surface area contributed by atoms with E-state index in [4.69, 9.17) is 9.47 Å². The Morgan fingerprint density at radius 3 is 2.43 bits per heavy atom. The van der Waals surface area contributed by atoms with Crippen LogP contribution in [-0.2, 0) is 15.9 Å². The lowest BCUT2D eigenvalue weighted by Crippen LogP contribution is -2.18. The molecule has 0 radical (unpaired) electrons. The fourth-order valence-corrected chi connectivity index (χ4v) is 3.90. The van der Waals surface area contributed by atoms with Gasteiger partial charge in [0.05, 0.1) is 19.9 Å². The van der Waals surface area contributed by atoms with Gasteiger partial charge in [0.15, 0.2) is 5.69 Å². The fraction of sp³-hybridized carbons (Fsp3) is 0.261. The van der Waals surface area contributed by atoms with Crippen molar-refractivity contribution in [1.29, 1.82) is 0 Å². The number of anilines is 1. The largest absolute Gasteiger partial charge is 0.465 e. The maximum Gasteiger partial charge on any atom is 0.357 e. The average molecular weight is 405 g/mol. The lowest BCUT2D eigenvalue weighted by molar-refractivity contribution is 0.0549. The number of aromatic nitrogens is 2. The van der Waals surface area contributed by atoms with Crippen LogP contribution in [0.4, 0.5) is 5.69 Å². The van der Waals surface area contributed by atoms with Crippen LogP contribution in [0.2, 0.25) is 0 Å². The Balaban J connectivity index is 1.95. The van der Waals surface area contributed by atoms with E-state index in [1.165, 1.54) is 30.2 Å². The molecule has 0 bridgehead atoms. The first kappa shape index (κ1) is 19.7. The summed E-state index contributed by atoms with van der Waals surface area (Å²) in [4.78, 5) is 27.7. The average Bonchev–Trinajstić information content (AvgIpc) is 3.39. The number of methoxy groups -OCH3 is 2. The second-order valence-electron chi connectivity index (χ2n) is 6.98. The first-order chi connectivity index (χ1) is 14.6. The number of rotatable bonds is 5. The molecule has 0 aliphatic carbocycles. The van der Waals surface area contributed by atoms with Gasteiger partial charge in [0.2, 0.25) is 0 Å². The van der Waals surface area contributed by atoms with E-state index in [2.05, 4.69) is 16.9 Å². The summed E-state index contributed by atoms with van der Waals surface area (Å²) in [5.74, 6) is -1.29. The van der Waals surface area contributed by atoms with E-state index in [0.29, 0.717) is 11.4 Å². The van der Waals surface area contributed by atoms with Gasteiger partial charge in [0, 0.05) is 24.3 Å². The summed E-state index contributed by atoms with van der Waals surface area (Å²) in [5, 5.41) is 4.65. The molecule has 154 valence electrons. The molecule has 0 unspecified atom stereocenters. The quantitative estimate of drug-likeness (QED) is 0.605. The molecule has 0 spiro atoms. The van der Waals surface area contributed by atoms with Gasteiger partial charge in [0.25, 0.3) is 0 Å². The molecule has 0 N–H and O–H groups in total.